The van der Waals surface area contributed by atoms with Gasteiger partial charge < -0.3 is 20.5 Å². The lowest BCUT2D eigenvalue weighted by atomic mass is 10.0. The molecule has 0 spiro atoms. The Hall–Kier alpha value is -3.16. The molecule has 1 fully saturated rings. The zero-order chi connectivity index (χ0) is 17.0. The van der Waals surface area contributed by atoms with Crippen molar-refractivity contribution in [2.24, 2.45) is 0 Å². The Kier molecular flexibility index (Phi) is 2.79. The highest BCUT2D eigenvalue weighted by Crippen LogP contribution is 2.37. The molecule has 0 aliphatic carbocycles. The minimum Gasteiger partial charge on any atom is -0.346 e. The molecule has 5 rings (SSSR count). The van der Waals surface area contributed by atoms with Crippen LogP contribution in [0.25, 0.3) is 11.0 Å². The molecule has 0 saturated carbocycles. The van der Waals surface area contributed by atoms with E-state index in [1.165, 1.54) is 6.33 Å². The van der Waals surface area contributed by atoms with E-state index >= 15 is 0 Å². The molecule has 8 nitrogen and oxygen atoms in total. The van der Waals surface area contributed by atoms with Gasteiger partial charge in [-0.3, -0.25) is 4.79 Å². The first-order valence-corrected chi connectivity index (χ1v) is 8.30. The van der Waals surface area contributed by atoms with Crippen molar-refractivity contribution >= 4 is 34.4 Å². The maximum absolute atomic E-state index is 12.4. The van der Waals surface area contributed by atoms with E-state index in [4.69, 9.17) is 4.98 Å². The number of hydrogen-bond donors (Lipinski definition) is 3. The fourth-order valence-electron chi connectivity index (χ4n) is 3.74. The summed E-state index contributed by atoms with van der Waals surface area (Å²) < 4.78 is 0. The third-order valence-corrected chi connectivity index (χ3v) is 5.00. The normalized spacial score (nSPS) is 21.8. The Morgan fingerprint density at radius 2 is 2.20 bits per heavy atom. The summed E-state index contributed by atoms with van der Waals surface area (Å²) >= 11 is 0. The van der Waals surface area contributed by atoms with Gasteiger partial charge in [-0.15, -0.1) is 0 Å². The summed E-state index contributed by atoms with van der Waals surface area (Å²) in [6.45, 7) is 2.94. The van der Waals surface area contributed by atoms with Gasteiger partial charge in [-0.1, -0.05) is 0 Å². The smallest absolute Gasteiger partial charge is 0.256 e. The molecule has 0 bridgehead atoms. The molecule has 2 aliphatic rings. The number of hydrogen-bond acceptors (Lipinski definition) is 6. The highest BCUT2D eigenvalue weighted by molar-refractivity contribution is 6.02. The number of rotatable bonds is 2. The summed E-state index contributed by atoms with van der Waals surface area (Å²) in [5.74, 6) is 2.00. The second-order valence-corrected chi connectivity index (χ2v) is 6.64. The van der Waals surface area contributed by atoms with Crippen LogP contribution in [0.1, 0.15) is 30.1 Å². The zero-order valence-electron chi connectivity index (χ0n) is 13.7. The molecule has 0 aromatic carbocycles. The quantitative estimate of drug-likeness (QED) is 0.664. The van der Waals surface area contributed by atoms with Gasteiger partial charge in [0.1, 0.15) is 35.1 Å². The van der Waals surface area contributed by atoms with E-state index in [1.807, 2.05) is 18.3 Å². The van der Waals surface area contributed by atoms with Crippen LogP contribution in [-0.4, -0.2) is 38.1 Å². The third-order valence-electron chi connectivity index (χ3n) is 5.00. The summed E-state index contributed by atoms with van der Waals surface area (Å²) in [5, 5.41) is 7.25. The number of anilines is 3. The van der Waals surface area contributed by atoms with Crippen LogP contribution in [0.2, 0.25) is 0 Å². The second kappa shape index (κ2) is 4.92. The number of aromatic nitrogens is 4. The fraction of sp³-hybridized carbons (Fsp3) is 0.294. The summed E-state index contributed by atoms with van der Waals surface area (Å²) in [5.41, 5.74) is 1.03. The van der Waals surface area contributed by atoms with Gasteiger partial charge in [0.15, 0.2) is 0 Å². The molecule has 3 aromatic rings. The average molecular weight is 335 g/mol. The van der Waals surface area contributed by atoms with Gasteiger partial charge in [-0.25, -0.2) is 15.0 Å². The maximum atomic E-state index is 12.4. The Morgan fingerprint density at radius 1 is 1.28 bits per heavy atom. The molecule has 2 aliphatic heterocycles. The number of amides is 1. The van der Waals surface area contributed by atoms with E-state index in [0.717, 1.165) is 36.2 Å². The summed E-state index contributed by atoms with van der Waals surface area (Å²) in [7, 11) is 0. The minimum atomic E-state index is -0.349. The molecule has 3 N–H and O–H groups in total. The van der Waals surface area contributed by atoms with E-state index in [-0.39, 0.29) is 11.6 Å². The van der Waals surface area contributed by atoms with Crippen molar-refractivity contribution in [3.05, 3.63) is 36.3 Å². The van der Waals surface area contributed by atoms with Crippen molar-refractivity contribution in [3.63, 3.8) is 0 Å². The molecule has 1 saturated heterocycles. The van der Waals surface area contributed by atoms with Crippen LogP contribution in [0.3, 0.4) is 0 Å². The number of nitrogens with zero attached hydrogens (tertiary/aromatic N) is 4. The topological polar surface area (TPSA) is 98.8 Å². The van der Waals surface area contributed by atoms with Crippen LogP contribution in [-0.2, 0) is 0 Å². The summed E-state index contributed by atoms with van der Waals surface area (Å²) in [4.78, 5) is 30.9. The van der Waals surface area contributed by atoms with Crippen molar-refractivity contribution in [2.45, 2.75) is 25.4 Å². The number of pyridine rings is 1. The Balaban J connectivity index is 1.56. The van der Waals surface area contributed by atoms with Crippen LogP contribution in [0, 0.1) is 0 Å². The number of H-pyrrole nitrogens is 1. The molecule has 1 amide bonds. The van der Waals surface area contributed by atoms with E-state index in [1.54, 1.807) is 6.07 Å². The van der Waals surface area contributed by atoms with Crippen molar-refractivity contribution in [1.82, 2.24) is 25.3 Å². The molecule has 126 valence electrons. The molecule has 5 heterocycles. The summed E-state index contributed by atoms with van der Waals surface area (Å²) in [6.07, 6.45) is 5.29. The Morgan fingerprint density at radius 3 is 3.12 bits per heavy atom. The molecule has 3 aromatic heterocycles. The van der Waals surface area contributed by atoms with Crippen molar-refractivity contribution < 1.29 is 4.79 Å². The van der Waals surface area contributed by atoms with E-state index in [2.05, 4.69) is 37.4 Å². The monoisotopic (exact) mass is 335 g/mol. The number of carbonyl (C=O) groups excluding carboxylic acids is 1. The van der Waals surface area contributed by atoms with Gasteiger partial charge in [0.25, 0.3) is 5.91 Å². The van der Waals surface area contributed by atoms with Gasteiger partial charge in [0.2, 0.25) is 0 Å². The maximum Gasteiger partial charge on any atom is 0.256 e. The summed E-state index contributed by atoms with van der Waals surface area (Å²) in [6, 6.07) is 5.53. The van der Waals surface area contributed by atoms with Gasteiger partial charge >= 0.3 is 0 Å². The van der Waals surface area contributed by atoms with E-state index in [0.29, 0.717) is 17.2 Å². The standard InChI is InChI=1S/C17H17N7O/c1-17-6-2-8-24(17)15-11(16(25)23-17)3-4-12(22-15)21-14-10-5-7-18-13(10)19-9-20-14/h3-5,7,9H,2,6,8H2,1H3,(H,23,25)(H2,18,19,20,21,22). The number of nitrogens with one attached hydrogen (secondary N) is 3. The molecule has 25 heavy (non-hydrogen) atoms. The number of aromatic amines is 1. The molecular formula is C17H17N7O. The number of fused-ring (bicyclic) bond motifs is 4. The second-order valence-electron chi connectivity index (χ2n) is 6.64. The largest absolute Gasteiger partial charge is 0.346 e. The molecule has 8 heteroatoms. The van der Waals surface area contributed by atoms with Gasteiger partial charge in [-0.05, 0) is 38.0 Å². The first-order valence-electron chi connectivity index (χ1n) is 8.30. The lowest BCUT2D eigenvalue weighted by molar-refractivity contribution is 0.0896. The Bertz CT molecular complexity index is 998. The van der Waals surface area contributed by atoms with Crippen LogP contribution >= 0.6 is 0 Å². The van der Waals surface area contributed by atoms with Gasteiger partial charge in [0, 0.05) is 12.7 Å². The molecular weight excluding hydrogens is 318 g/mol. The predicted octanol–water partition coefficient (Wildman–Crippen LogP) is 2.16. The third kappa shape index (κ3) is 2.07. The van der Waals surface area contributed by atoms with Crippen molar-refractivity contribution in [2.75, 3.05) is 16.8 Å². The molecule has 1 atom stereocenters. The highest BCUT2D eigenvalue weighted by Gasteiger charge is 2.44. The predicted molar refractivity (Wildman–Crippen MR) is 93.9 cm³/mol. The van der Waals surface area contributed by atoms with Gasteiger partial charge in [0.05, 0.1) is 10.9 Å². The minimum absolute atomic E-state index is 0.0650. The van der Waals surface area contributed by atoms with Gasteiger partial charge in [-0.2, -0.15) is 0 Å². The first kappa shape index (κ1) is 14.2. The lowest BCUT2D eigenvalue weighted by Gasteiger charge is -2.41. The first-order chi connectivity index (χ1) is 12.1. The van der Waals surface area contributed by atoms with Crippen LogP contribution in [0.4, 0.5) is 17.5 Å². The fourth-order valence-corrected chi connectivity index (χ4v) is 3.74. The zero-order valence-corrected chi connectivity index (χ0v) is 13.7. The highest BCUT2D eigenvalue weighted by atomic mass is 16.2. The van der Waals surface area contributed by atoms with E-state index < -0.39 is 0 Å². The van der Waals surface area contributed by atoms with Crippen molar-refractivity contribution in [3.8, 4) is 0 Å². The van der Waals surface area contributed by atoms with Crippen LogP contribution in [0.15, 0.2) is 30.7 Å². The number of carbonyl (C=O) groups is 1. The SMILES string of the molecule is CC12CCCN1c1nc(Nc3ncnc4[nH]ccc34)ccc1C(=O)N2. The van der Waals surface area contributed by atoms with Crippen LogP contribution < -0.4 is 15.5 Å². The van der Waals surface area contributed by atoms with E-state index in [9.17, 15) is 4.79 Å². The Labute approximate surface area is 143 Å². The van der Waals surface area contributed by atoms with Crippen LogP contribution in [0.5, 0.6) is 0 Å². The molecule has 1 unspecified atom stereocenters. The molecule has 0 radical (unpaired) electrons. The van der Waals surface area contributed by atoms with Crippen molar-refractivity contribution in [1.29, 1.82) is 0 Å². The lowest BCUT2D eigenvalue weighted by Crippen LogP contribution is -2.59. The average Bonchev–Trinajstić information content (AvgIpc) is 3.21.